The summed E-state index contributed by atoms with van der Waals surface area (Å²) in [4.78, 5) is 8.08. The summed E-state index contributed by atoms with van der Waals surface area (Å²) in [7, 11) is 0. The normalized spacial score (nSPS) is 12.1. The molecule has 0 rings (SSSR count). The van der Waals surface area contributed by atoms with Crippen LogP contribution in [0.1, 0.15) is 119 Å². The van der Waals surface area contributed by atoms with Crippen LogP contribution in [-0.2, 0) is 0 Å². The molecule has 0 atom stereocenters. The zero-order valence-electron chi connectivity index (χ0n) is 21.0. The minimum absolute atomic E-state index is 0. The maximum Gasteiger partial charge on any atom is 0.300 e. The molecule has 3 nitrogen and oxygen atoms in total. The number of guanidine groups is 1. The Bertz CT molecular complexity index is 341. The fraction of sp³-hybridized carbons (Fsp3) is 0.960. The van der Waals surface area contributed by atoms with Crippen LogP contribution < -0.4 is 0 Å². The highest BCUT2D eigenvalue weighted by Crippen LogP contribution is 2.20. The highest BCUT2D eigenvalue weighted by molar-refractivity contribution is 5.85. The van der Waals surface area contributed by atoms with E-state index in [1.807, 2.05) is 0 Å². The maximum absolute atomic E-state index is 5.37. The van der Waals surface area contributed by atoms with Gasteiger partial charge in [-0.2, -0.15) is 0 Å². The van der Waals surface area contributed by atoms with Crippen LogP contribution in [0.3, 0.4) is 0 Å². The molecule has 0 aliphatic rings. The lowest BCUT2D eigenvalue weighted by atomic mass is 10.1. The second-order valence-corrected chi connectivity index (χ2v) is 8.61. The minimum atomic E-state index is 0. The lowest BCUT2D eigenvalue weighted by Gasteiger charge is -2.43. The number of quaternary nitrogens is 1. The van der Waals surface area contributed by atoms with Crippen LogP contribution in [0.2, 0.25) is 0 Å². The molecule has 0 radical (unpaired) electrons. The molecule has 0 amide bonds. The summed E-state index contributed by atoms with van der Waals surface area (Å²) in [5.41, 5.74) is 0. The van der Waals surface area contributed by atoms with Gasteiger partial charge >= 0.3 is 0 Å². The standard InChI is InChI=1S/C25H54N3.ClH/c1-7-13-19-26-25(27(20-14-8-2)21-15-9-3)28(22-16-10-4,23-17-11-5)24-18-12-6;/h7-24H2,1-6H3;1H/q+1;/b26-25+;. The van der Waals surface area contributed by atoms with Crippen LogP contribution in [-0.4, -0.2) is 54.6 Å². The summed E-state index contributed by atoms with van der Waals surface area (Å²) in [5, 5.41) is 0. The van der Waals surface area contributed by atoms with Crippen molar-refractivity contribution in [3.8, 4) is 0 Å². The Labute approximate surface area is 190 Å². The van der Waals surface area contributed by atoms with E-state index in [4.69, 9.17) is 4.99 Å². The lowest BCUT2D eigenvalue weighted by molar-refractivity contribution is -0.848. The van der Waals surface area contributed by atoms with E-state index in [1.165, 1.54) is 116 Å². The van der Waals surface area contributed by atoms with Gasteiger partial charge in [-0.15, -0.1) is 12.4 Å². The number of hydrogen-bond acceptors (Lipinski definition) is 1. The smallest absolute Gasteiger partial charge is 0.300 e. The van der Waals surface area contributed by atoms with Gasteiger partial charge in [-0.3, -0.25) is 4.48 Å². The highest BCUT2D eigenvalue weighted by atomic mass is 35.5. The van der Waals surface area contributed by atoms with Gasteiger partial charge in [-0.05, 0) is 38.5 Å². The van der Waals surface area contributed by atoms with Crippen molar-refractivity contribution in [2.24, 2.45) is 4.99 Å². The van der Waals surface area contributed by atoms with Gasteiger partial charge in [0.05, 0.1) is 19.6 Å². The predicted molar refractivity (Wildman–Crippen MR) is 135 cm³/mol. The molecule has 0 N–H and O–H groups in total. The molecule has 0 spiro atoms. The average Bonchev–Trinajstić information content (AvgIpc) is 2.72. The summed E-state index contributed by atoms with van der Waals surface area (Å²) in [6.07, 6.45) is 15.3. The monoisotopic (exact) mass is 432 g/mol. The van der Waals surface area contributed by atoms with Gasteiger partial charge in [-0.1, -0.05) is 80.1 Å². The molecule has 0 fully saturated rings. The second kappa shape index (κ2) is 21.0. The third-order valence-corrected chi connectivity index (χ3v) is 5.85. The Hall–Kier alpha value is -0.280. The summed E-state index contributed by atoms with van der Waals surface area (Å²) >= 11 is 0. The molecule has 0 saturated heterocycles. The van der Waals surface area contributed by atoms with Crippen molar-refractivity contribution in [2.45, 2.75) is 119 Å². The van der Waals surface area contributed by atoms with Crippen LogP contribution in [0.25, 0.3) is 0 Å². The van der Waals surface area contributed by atoms with Crippen LogP contribution >= 0.6 is 12.4 Å². The Morgan fingerprint density at radius 2 is 0.966 bits per heavy atom. The van der Waals surface area contributed by atoms with E-state index in [0.29, 0.717) is 0 Å². The molecule has 29 heavy (non-hydrogen) atoms. The molecule has 0 aliphatic carbocycles. The second-order valence-electron chi connectivity index (χ2n) is 8.61. The highest BCUT2D eigenvalue weighted by Gasteiger charge is 2.36. The zero-order chi connectivity index (χ0) is 21.1. The Morgan fingerprint density at radius 3 is 1.31 bits per heavy atom. The molecule has 4 heteroatoms. The summed E-state index contributed by atoms with van der Waals surface area (Å²) in [5.74, 6) is 1.45. The van der Waals surface area contributed by atoms with E-state index in [1.54, 1.807) is 0 Å². The Kier molecular flexibility index (Phi) is 22.4. The molecule has 0 aromatic carbocycles. The average molecular weight is 433 g/mol. The van der Waals surface area contributed by atoms with Crippen molar-refractivity contribution >= 4 is 18.4 Å². The molecule has 0 unspecified atom stereocenters. The number of rotatable bonds is 18. The van der Waals surface area contributed by atoms with Crippen molar-refractivity contribution in [2.75, 3.05) is 39.3 Å². The third kappa shape index (κ3) is 12.9. The largest absolute Gasteiger partial charge is 0.311 e. The van der Waals surface area contributed by atoms with Crippen LogP contribution in [0, 0.1) is 0 Å². The first-order chi connectivity index (χ1) is 13.7. The fourth-order valence-electron chi connectivity index (χ4n) is 3.91. The van der Waals surface area contributed by atoms with Crippen molar-refractivity contribution in [3.05, 3.63) is 0 Å². The number of unbranched alkanes of at least 4 members (excludes halogenated alkanes) is 6. The molecule has 0 aromatic heterocycles. The molecular formula is C25H55ClN3+. The SMILES string of the molecule is CCCC/N=C(\N(CCCC)CCCC)[N+](CCCC)(CCCC)CCCC.Cl. The first-order valence-electron chi connectivity index (χ1n) is 12.8. The summed E-state index contributed by atoms with van der Waals surface area (Å²) in [6, 6.07) is 0. The Balaban J connectivity index is 0. The van der Waals surface area contributed by atoms with Crippen molar-refractivity contribution in [1.29, 1.82) is 0 Å². The van der Waals surface area contributed by atoms with E-state index < -0.39 is 0 Å². The molecule has 0 saturated carbocycles. The number of aliphatic imine (C=N–C) groups is 1. The van der Waals surface area contributed by atoms with Crippen molar-refractivity contribution in [3.63, 3.8) is 0 Å². The van der Waals surface area contributed by atoms with Gasteiger partial charge in [0.25, 0.3) is 5.96 Å². The molecule has 0 heterocycles. The summed E-state index contributed by atoms with van der Waals surface area (Å²) < 4.78 is 1.15. The first kappa shape index (κ1) is 30.9. The van der Waals surface area contributed by atoms with Crippen LogP contribution in [0.4, 0.5) is 0 Å². The Morgan fingerprint density at radius 1 is 0.586 bits per heavy atom. The van der Waals surface area contributed by atoms with E-state index in [-0.39, 0.29) is 12.4 Å². The molecule has 0 bridgehead atoms. The van der Waals surface area contributed by atoms with E-state index in [2.05, 4.69) is 46.4 Å². The quantitative estimate of drug-likeness (QED) is 0.0937. The molecule has 0 aromatic rings. The van der Waals surface area contributed by atoms with E-state index >= 15 is 0 Å². The topological polar surface area (TPSA) is 15.6 Å². The first-order valence-corrected chi connectivity index (χ1v) is 12.8. The van der Waals surface area contributed by atoms with Crippen LogP contribution in [0.15, 0.2) is 4.99 Å². The summed E-state index contributed by atoms with van der Waals surface area (Å²) in [6.45, 7) is 21.1. The number of nitrogens with zero attached hydrogens (tertiary/aromatic N) is 3. The minimum Gasteiger partial charge on any atom is -0.311 e. The van der Waals surface area contributed by atoms with Crippen LogP contribution in [0.5, 0.6) is 0 Å². The molecule has 176 valence electrons. The van der Waals surface area contributed by atoms with Gasteiger partial charge in [0.2, 0.25) is 0 Å². The zero-order valence-corrected chi connectivity index (χ0v) is 21.8. The van der Waals surface area contributed by atoms with E-state index in [9.17, 15) is 0 Å². The number of hydrogen-bond donors (Lipinski definition) is 0. The number of halogens is 1. The molecular weight excluding hydrogens is 378 g/mol. The van der Waals surface area contributed by atoms with Gasteiger partial charge < -0.3 is 4.90 Å². The van der Waals surface area contributed by atoms with Crippen molar-refractivity contribution < 1.29 is 4.48 Å². The third-order valence-electron chi connectivity index (χ3n) is 5.85. The van der Waals surface area contributed by atoms with E-state index in [0.717, 1.165) is 11.0 Å². The van der Waals surface area contributed by atoms with Gasteiger partial charge in [0.1, 0.15) is 0 Å². The lowest BCUT2D eigenvalue weighted by Crippen LogP contribution is -2.61. The van der Waals surface area contributed by atoms with Gasteiger partial charge in [0.15, 0.2) is 0 Å². The van der Waals surface area contributed by atoms with Gasteiger partial charge in [0, 0.05) is 19.6 Å². The van der Waals surface area contributed by atoms with Gasteiger partial charge in [-0.25, -0.2) is 4.99 Å². The maximum atomic E-state index is 5.37. The predicted octanol–water partition coefficient (Wildman–Crippen LogP) is 7.68. The fourth-order valence-corrected chi connectivity index (χ4v) is 3.91. The van der Waals surface area contributed by atoms with Crippen molar-refractivity contribution in [1.82, 2.24) is 4.90 Å². The molecule has 0 aliphatic heterocycles.